The summed E-state index contributed by atoms with van der Waals surface area (Å²) in [5.74, 6) is 1.55. The lowest BCUT2D eigenvalue weighted by Crippen LogP contribution is -2.25. The summed E-state index contributed by atoms with van der Waals surface area (Å²) < 4.78 is 14.0. The van der Waals surface area contributed by atoms with Crippen LogP contribution >= 0.6 is 11.9 Å². The van der Waals surface area contributed by atoms with Crippen LogP contribution in [0.5, 0.6) is 11.5 Å². The van der Waals surface area contributed by atoms with Crippen molar-refractivity contribution in [2.24, 2.45) is 0 Å². The number of hydrogen-bond donors (Lipinski definition) is 0. The smallest absolute Gasteiger partial charge is 0.161 e. The normalized spacial score (nSPS) is 16.6. The summed E-state index contributed by atoms with van der Waals surface area (Å²) in [6.45, 7) is 2.58. The highest BCUT2D eigenvalue weighted by Crippen LogP contribution is 2.36. The molecule has 0 amide bonds. The average molecular weight is 392 g/mol. The van der Waals surface area contributed by atoms with Gasteiger partial charge in [0.2, 0.25) is 0 Å². The maximum atomic E-state index is 5.97. The summed E-state index contributed by atoms with van der Waals surface area (Å²) >= 11 is 1.79. The van der Waals surface area contributed by atoms with Crippen molar-refractivity contribution in [1.29, 1.82) is 0 Å². The van der Waals surface area contributed by atoms with Crippen LogP contribution in [0.1, 0.15) is 18.4 Å². The molecular formula is C24H25NO2S. The van der Waals surface area contributed by atoms with E-state index >= 15 is 0 Å². The second-order valence-electron chi connectivity index (χ2n) is 6.91. The third kappa shape index (κ3) is 4.70. The van der Waals surface area contributed by atoms with Crippen LogP contribution in [0, 0.1) is 0 Å². The maximum Gasteiger partial charge on any atom is 0.161 e. The molecule has 2 aromatic carbocycles. The number of benzene rings is 2. The number of ether oxygens (including phenoxy) is 2. The zero-order valence-corrected chi connectivity index (χ0v) is 17.0. The summed E-state index contributed by atoms with van der Waals surface area (Å²) in [7, 11) is 1.69. The fourth-order valence-corrected chi connectivity index (χ4v) is 4.42. The molecule has 4 heteroatoms. The Labute approximate surface area is 171 Å². The van der Waals surface area contributed by atoms with Crippen LogP contribution in [-0.4, -0.2) is 24.5 Å². The minimum absolute atomic E-state index is 0.535. The average Bonchev–Trinajstić information content (AvgIpc) is 2.98. The van der Waals surface area contributed by atoms with Crippen molar-refractivity contribution in [3.8, 4) is 11.5 Å². The predicted molar refractivity (Wildman–Crippen MR) is 116 cm³/mol. The molecule has 0 fully saturated rings. The number of nitrogens with zero attached hydrogens (tertiary/aromatic N) is 1. The van der Waals surface area contributed by atoms with E-state index in [0.717, 1.165) is 43.0 Å². The van der Waals surface area contributed by atoms with Gasteiger partial charge in [0.25, 0.3) is 0 Å². The van der Waals surface area contributed by atoms with Crippen molar-refractivity contribution in [2.45, 2.75) is 24.3 Å². The molecule has 0 atom stereocenters. The molecule has 0 saturated heterocycles. The molecule has 1 aliphatic heterocycles. The molecule has 0 saturated carbocycles. The van der Waals surface area contributed by atoms with E-state index in [2.05, 4.69) is 52.9 Å². The molecule has 144 valence electrons. The van der Waals surface area contributed by atoms with Crippen LogP contribution < -0.4 is 9.47 Å². The summed E-state index contributed by atoms with van der Waals surface area (Å²) in [6.07, 6.45) is 11.0. The van der Waals surface area contributed by atoms with E-state index in [9.17, 15) is 0 Å². The molecule has 1 aliphatic carbocycles. The molecule has 0 aromatic heterocycles. The van der Waals surface area contributed by atoms with Gasteiger partial charge in [-0.1, -0.05) is 60.2 Å². The SMILES string of the molecule is COc1cc(SN2CCC3=C(C=CC=CC3)C2)ccc1OCc1ccccc1. The quantitative estimate of drug-likeness (QED) is 0.580. The van der Waals surface area contributed by atoms with E-state index in [1.165, 1.54) is 10.5 Å². The van der Waals surface area contributed by atoms with E-state index in [-0.39, 0.29) is 0 Å². The van der Waals surface area contributed by atoms with E-state index in [4.69, 9.17) is 9.47 Å². The fourth-order valence-electron chi connectivity index (χ4n) is 3.45. The summed E-state index contributed by atoms with van der Waals surface area (Å²) in [5.41, 5.74) is 4.17. The highest BCUT2D eigenvalue weighted by molar-refractivity contribution is 7.97. The first-order valence-electron chi connectivity index (χ1n) is 9.63. The molecule has 0 unspecified atom stereocenters. The third-order valence-electron chi connectivity index (χ3n) is 4.98. The Bertz CT molecular complexity index is 902. The van der Waals surface area contributed by atoms with Crippen molar-refractivity contribution in [1.82, 2.24) is 4.31 Å². The highest BCUT2D eigenvalue weighted by Gasteiger charge is 2.19. The Morgan fingerprint density at radius 1 is 1.04 bits per heavy atom. The lowest BCUT2D eigenvalue weighted by Gasteiger charge is -2.28. The maximum absolute atomic E-state index is 5.97. The Morgan fingerprint density at radius 2 is 1.93 bits per heavy atom. The Kier molecular flexibility index (Phi) is 6.20. The van der Waals surface area contributed by atoms with Gasteiger partial charge in [0.15, 0.2) is 11.5 Å². The lowest BCUT2D eigenvalue weighted by molar-refractivity contribution is 0.284. The number of methoxy groups -OCH3 is 1. The number of hydrogen-bond acceptors (Lipinski definition) is 4. The van der Waals surface area contributed by atoms with Gasteiger partial charge in [-0.3, -0.25) is 0 Å². The fraction of sp³-hybridized carbons (Fsp3) is 0.250. The molecule has 0 bridgehead atoms. The van der Waals surface area contributed by atoms with Gasteiger partial charge >= 0.3 is 0 Å². The van der Waals surface area contributed by atoms with Gasteiger partial charge in [0.05, 0.1) is 7.11 Å². The van der Waals surface area contributed by atoms with Crippen molar-refractivity contribution in [3.63, 3.8) is 0 Å². The number of rotatable bonds is 6. The minimum atomic E-state index is 0.535. The Hall–Kier alpha value is -2.43. The van der Waals surface area contributed by atoms with Crippen LogP contribution in [0.15, 0.2) is 88.9 Å². The molecule has 0 spiro atoms. The monoisotopic (exact) mass is 391 g/mol. The van der Waals surface area contributed by atoms with Gasteiger partial charge in [0.1, 0.15) is 6.61 Å². The molecule has 4 rings (SSSR count). The number of allylic oxidation sites excluding steroid dienone is 3. The van der Waals surface area contributed by atoms with Gasteiger partial charge in [-0.25, -0.2) is 4.31 Å². The zero-order valence-electron chi connectivity index (χ0n) is 16.1. The van der Waals surface area contributed by atoms with Crippen molar-refractivity contribution >= 4 is 11.9 Å². The second-order valence-corrected chi connectivity index (χ2v) is 8.08. The molecule has 0 radical (unpaired) electrons. The Balaban J connectivity index is 1.41. The van der Waals surface area contributed by atoms with Crippen LogP contribution in [0.2, 0.25) is 0 Å². The summed E-state index contributed by atoms with van der Waals surface area (Å²) in [4.78, 5) is 1.17. The highest BCUT2D eigenvalue weighted by atomic mass is 32.2. The van der Waals surface area contributed by atoms with Crippen LogP contribution in [0.25, 0.3) is 0 Å². The molecule has 1 heterocycles. The molecule has 28 heavy (non-hydrogen) atoms. The van der Waals surface area contributed by atoms with Gasteiger partial charge in [-0.2, -0.15) is 0 Å². The molecule has 0 N–H and O–H groups in total. The lowest BCUT2D eigenvalue weighted by atomic mass is 9.99. The largest absolute Gasteiger partial charge is 0.493 e. The van der Waals surface area contributed by atoms with Gasteiger partial charge < -0.3 is 9.47 Å². The van der Waals surface area contributed by atoms with Crippen LogP contribution in [0.3, 0.4) is 0 Å². The van der Waals surface area contributed by atoms with Crippen molar-refractivity contribution < 1.29 is 9.47 Å². The van der Waals surface area contributed by atoms with Crippen LogP contribution in [0.4, 0.5) is 0 Å². The van der Waals surface area contributed by atoms with Gasteiger partial charge in [-0.05, 0) is 54.1 Å². The van der Waals surface area contributed by atoms with Crippen molar-refractivity contribution in [2.75, 3.05) is 20.2 Å². The third-order valence-corrected chi connectivity index (χ3v) is 6.01. The molecular weight excluding hydrogens is 366 g/mol. The topological polar surface area (TPSA) is 21.7 Å². The summed E-state index contributed by atoms with van der Waals surface area (Å²) in [6, 6.07) is 16.4. The molecule has 3 nitrogen and oxygen atoms in total. The summed E-state index contributed by atoms with van der Waals surface area (Å²) in [5, 5.41) is 0. The predicted octanol–water partition coefficient (Wildman–Crippen LogP) is 5.80. The van der Waals surface area contributed by atoms with Gasteiger partial charge in [0, 0.05) is 18.0 Å². The molecule has 2 aromatic rings. The minimum Gasteiger partial charge on any atom is -0.493 e. The first kappa shape index (κ1) is 18.9. The van der Waals surface area contributed by atoms with E-state index in [1.807, 2.05) is 24.3 Å². The zero-order chi connectivity index (χ0) is 19.2. The van der Waals surface area contributed by atoms with Crippen LogP contribution in [-0.2, 0) is 6.61 Å². The molecule has 2 aliphatic rings. The first-order valence-corrected chi connectivity index (χ1v) is 10.4. The van der Waals surface area contributed by atoms with Crippen molar-refractivity contribution in [3.05, 3.63) is 89.5 Å². The van der Waals surface area contributed by atoms with E-state index in [0.29, 0.717) is 6.61 Å². The Morgan fingerprint density at radius 3 is 2.79 bits per heavy atom. The van der Waals surface area contributed by atoms with Gasteiger partial charge in [-0.15, -0.1) is 0 Å². The van der Waals surface area contributed by atoms with E-state index < -0.39 is 0 Å². The first-order chi connectivity index (χ1) is 13.8. The van der Waals surface area contributed by atoms with E-state index in [1.54, 1.807) is 24.6 Å². The second kappa shape index (κ2) is 9.18. The standard InChI is InChI=1S/C24H25NO2S/c1-26-24-16-22(12-13-23(24)27-18-19-8-4-2-5-9-19)28-25-15-14-20-10-6-3-7-11-21(20)17-25/h2-9,11-13,16H,10,14-15,17-18H2,1H3.